The van der Waals surface area contributed by atoms with Crippen LogP contribution in [0.1, 0.15) is 15.9 Å². The maximum Gasteiger partial charge on any atom is 0.255 e. The summed E-state index contributed by atoms with van der Waals surface area (Å²) < 4.78 is 1.79. The monoisotopic (exact) mass is 433 g/mol. The number of rotatable bonds is 7. The van der Waals surface area contributed by atoms with Gasteiger partial charge in [-0.25, -0.2) is 4.98 Å². The van der Waals surface area contributed by atoms with Crippen molar-refractivity contribution in [3.63, 3.8) is 0 Å². The smallest absolute Gasteiger partial charge is 0.255 e. The number of carbonyl (C=O) groups is 2. The number of carbonyl (C=O) groups excluding carboxylic acids is 2. The molecule has 0 saturated heterocycles. The standard InChI is InChI=1S/C23H19N3O2S2/c27-21(24-14-16-7-3-1-4-8-16)15-29-23-26-19-12-11-18(13-20(19)30-23)25-22(28)17-9-5-2-6-10-17/h1-13H,14-15H2,(H,24,27)(H,25,28). The maximum atomic E-state index is 12.3. The number of nitrogens with one attached hydrogen (secondary N) is 2. The lowest BCUT2D eigenvalue weighted by Crippen LogP contribution is -2.24. The van der Waals surface area contributed by atoms with E-state index in [1.54, 1.807) is 12.1 Å². The van der Waals surface area contributed by atoms with Gasteiger partial charge in [-0.3, -0.25) is 9.59 Å². The van der Waals surface area contributed by atoms with Gasteiger partial charge in [0.05, 0.1) is 16.0 Å². The highest BCUT2D eigenvalue weighted by Crippen LogP contribution is 2.31. The number of thiazole rings is 1. The van der Waals surface area contributed by atoms with Crippen LogP contribution < -0.4 is 10.6 Å². The van der Waals surface area contributed by atoms with Crippen LogP contribution in [0.4, 0.5) is 5.69 Å². The summed E-state index contributed by atoms with van der Waals surface area (Å²) in [4.78, 5) is 29.0. The van der Waals surface area contributed by atoms with Crippen LogP contribution in [-0.2, 0) is 11.3 Å². The molecular formula is C23H19N3O2S2. The van der Waals surface area contributed by atoms with Gasteiger partial charge in [-0.2, -0.15) is 0 Å². The Hall–Kier alpha value is -3.16. The highest BCUT2D eigenvalue weighted by atomic mass is 32.2. The summed E-state index contributed by atoms with van der Waals surface area (Å²) in [7, 11) is 0. The summed E-state index contributed by atoms with van der Waals surface area (Å²) in [5.41, 5.74) is 3.25. The first-order valence-electron chi connectivity index (χ1n) is 9.38. The molecule has 0 aliphatic heterocycles. The molecule has 0 spiro atoms. The molecule has 2 N–H and O–H groups in total. The fraction of sp³-hybridized carbons (Fsp3) is 0.0870. The molecule has 150 valence electrons. The molecular weight excluding hydrogens is 414 g/mol. The van der Waals surface area contributed by atoms with E-state index in [4.69, 9.17) is 0 Å². The third-order valence-electron chi connectivity index (χ3n) is 4.32. The van der Waals surface area contributed by atoms with Crippen LogP contribution in [0.15, 0.2) is 83.2 Å². The van der Waals surface area contributed by atoms with Gasteiger partial charge >= 0.3 is 0 Å². The topological polar surface area (TPSA) is 71.1 Å². The first-order valence-corrected chi connectivity index (χ1v) is 11.2. The lowest BCUT2D eigenvalue weighted by molar-refractivity contribution is -0.118. The summed E-state index contributed by atoms with van der Waals surface area (Å²) in [5, 5.41) is 5.83. The molecule has 0 bridgehead atoms. The highest BCUT2D eigenvalue weighted by molar-refractivity contribution is 8.01. The van der Waals surface area contributed by atoms with Gasteiger partial charge in [0.15, 0.2) is 4.34 Å². The molecule has 1 aromatic heterocycles. The fourth-order valence-electron chi connectivity index (χ4n) is 2.81. The van der Waals surface area contributed by atoms with Gasteiger partial charge in [-0.15, -0.1) is 11.3 Å². The Morgan fingerprint density at radius 1 is 0.933 bits per heavy atom. The summed E-state index contributed by atoms with van der Waals surface area (Å²) in [6, 6.07) is 24.5. The number of aromatic nitrogens is 1. The molecule has 0 radical (unpaired) electrons. The van der Waals surface area contributed by atoms with Crippen molar-refractivity contribution < 1.29 is 9.59 Å². The molecule has 5 nitrogen and oxygen atoms in total. The SMILES string of the molecule is O=C(CSc1nc2ccc(NC(=O)c3ccccc3)cc2s1)NCc1ccccc1. The minimum absolute atomic E-state index is 0.0288. The van der Waals surface area contributed by atoms with E-state index in [1.165, 1.54) is 23.1 Å². The van der Waals surface area contributed by atoms with Crippen molar-refractivity contribution in [2.75, 3.05) is 11.1 Å². The molecule has 0 atom stereocenters. The molecule has 0 saturated carbocycles. The Morgan fingerprint density at radius 2 is 1.67 bits per heavy atom. The minimum Gasteiger partial charge on any atom is -0.351 e. The molecule has 0 fully saturated rings. The van der Waals surface area contributed by atoms with Crippen molar-refractivity contribution >= 4 is 50.8 Å². The fourth-order valence-corrected chi connectivity index (χ4v) is 4.75. The third-order valence-corrected chi connectivity index (χ3v) is 6.48. The quantitative estimate of drug-likeness (QED) is 0.404. The maximum absolute atomic E-state index is 12.3. The van der Waals surface area contributed by atoms with Crippen molar-refractivity contribution in [2.45, 2.75) is 10.9 Å². The second-order valence-electron chi connectivity index (χ2n) is 6.53. The largest absolute Gasteiger partial charge is 0.351 e. The Labute approximate surface area is 182 Å². The van der Waals surface area contributed by atoms with E-state index in [0.717, 1.165) is 25.8 Å². The number of benzene rings is 3. The van der Waals surface area contributed by atoms with Gasteiger partial charge in [-0.05, 0) is 35.9 Å². The first-order chi connectivity index (χ1) is 14.7. The van der Waals surface area contributed by atoms with Crippen LogP contribution in [0.25, 0.3) is 10.2 Å². The van der Waals surface area contributed by atoms with Crippen molar-refractivity contribution in [3.8, 4) is 0 Å². The van der Waals surface area contributed by atoms with Gasteiger partial charge in [0.2, 0.25) is 5.91 Å². The second kappa shape index (κ2) is 9.56. The van der Waals surface area contributed by atoms with Gasteiger partial charge in [0.25, 0.3) is 5.91 Å². The van der Waals surface area contributed by atoms with E-state index in [-0.39, 0.29) is 11.8 Å². The Kier molecular flexibility index (Phi) is 6.41. The molecule has 4 aromatic rings. The van der Waals surface area contributed by atoms with Gasteiger partial charge in [0, 0.05) is 17.8 Å². The van der Waals surface area contributed by atoms with Crippen LogP contribution in [-0.4, -0.2) is 22.6 Å². The zero-order valence-electron chi connectivity index (χ0n) is 16.0. The number of amides is 2. The molecule has 0 unspecified atom stereocenters. The molecule has 30 heavy (non-hydrogen) atoms. The number of thioether (sulfide) groups is 1. The lowest BCUT2D eigenvalue weighted by Gasteiger charge is -2.04. The zero-order chi connectivity index (χ0) is 20.8. The first kappa shape index (κ1) is 20.1. The second-order valence-corrected chi connectivity index (χ2v) is 8.79. The normalized spacial score (nSPS) is 10.7. The zero-order valence-corrected chi connectivity index (χ0v) is 17.6. The van der Waals surface area contributed by atoms with E-state index in [0.29, 0.717) is 17.9 Å². The molecule has 1 heterocycles. The van der Waals surface area contributed by atoms with Crippen molar-refractivity contribution in [1.29, 1.82) is 0 Å². The lowest BCUT2D eigenvalue weighted by atomic mass is 10.2. The molecule has 0 aliphatic carbocycles. The van der Waals surface area contributed by atoms with Crippen molar-refractivity contribution in [3.05, 3.63) is 90.0 Å². The van der Waals surface area contributed by atoms with Crippen LogP contribution in [0.3, 0.4) is 0 Å². The summed E-state index contributed by atoms with van der Waals surface area (Å²) in [6.07, 6.45) is 0. The molecule has 4 rings (SSSR count). The Morgan fingerprint density at radius 3 is 2.43 bits per heavy atom. The van der Waals surface area contributed by atoms with E-state index in [9.17, 15) is 9.59 Å². The van der Waals surface area contributed by atoms with Crippen LogP contribution in [0.5, 0.6) is 0 Å². The number of fused-ring (bicyclic) bond motifs is 1. The average molecular weight is 434 g/mol. The predicted octanol–water partition coefficient (Wildman–Crippen LogP) is 4.96. The van der Waals surface area contributed by atoms with Crippen molar-refractivity contribution in [1.82, 2.24) is 10.3 Å². The molecule has 7 heteroatoms. The average Bonchev–Trinajstić information content (AvgIpc) is 3.20. The van der Waals surface area contributed by atoms with Gasteiger partial charge in [0.1, 0.15) is 0 Å². The number of nitrogens with zero attached hydrogens (tertiary/aromatic N) is 1. The van der Waals surface area contributed by atoms with Crippen LogP contribution in [0, 0.1) is 0 Å². The van der Waals surface area contributed by atoms with Gasteiger partial charge < -0.3 is 10.6 Å². The summed E-state index contributed by atoms with van der Waals surface area (Å²) in [6.45, 7) is 0.518. The molecule has 3 aromatic carbocycles. The van der Waals surface area contributed by atoms with E-state index < -0.39 is 0 Å². The number of anilines is 1. The Balaban J connectivity index is 1.34. The van der Waals surface area contributed by atoms with Crippen molar-refractivity contribution in [2.24, 2.45) is 0 Å². The summed E-state index contributed by atoms with van der Waals surface area (Å²) in [5.74, 6) is 0.132. The molecule has 2 amide bonds. The number of hydrogen-bond donors (Lipinski definition) is 2. The van der Waals surface area contributed by atoms with E-state index in [2.05, 4.69) is 15.6 Å². The minimum atomic E-state index is -0.149. The molecule has 0 aliphatic rings. The Bertz CT molecular complexity index is 1160. The van der Waals surface area contributed by atoms with Gasteiger partial charge in [-0.1, -0.05) is 60.3 Å². The third kappa shape index (κ3) is 5.25. The van der Waals surface area contributed by atoms with E-state index in [1.807, 2.05) is 66.7 Å². The number of hydrogen-bond acceptors (Lipinski definition) is 5. The van der Waals surface area contributed by atoms with Crippen LogP contribution >= 0.6 is 23.1 Å². The summed E-state index contributed by atoms with van der Waals surface area (Å²) >= 11 is 2.93. The van der Waals surface area contributed by atoms with E-state index >= 15 is 0 Å². The predicted molar refractivity (Wildman–Crippen MR) is 123 cm³/mol. The van der Waals surface area contributed by atoms with Crippen LogP contribution in [0.2, 0.25) is 0 Å². The highest BCUT2D eigenvalue weighted by Gasteiger charge is 2.10.